The molecule has 0 aliphatic carbocycles. The van der Waals surface area contributed by atoms with Gasteiger partial charge in [-0.05, 0) is 17.7 Å². The third-order valence-corrected chi connectivity index (χ3v) is 1.47. The summed E-state index contributed by atoms with van der Waals surface area (Å²) in [7, 11) is 0. The van der Waals surface area contributed by atoms with Crippen LogP contribution in [0, 0.1) is 0 Å². The van der Waals surface area contributed by atoms with Gasteiger partial charge in [0.05, 0.1) is 0 Å². The minimum absolute atomic E-state index is 0.250. The van der Waals surface area contributed by atoms with E-state index < -0.39 is 6.10 Å². The molecule has 0 fully saturated rings. The number of aldehydes is 1. The number of aromatic hydroxyl groups is 2. The first-order valence-electron chi connectivity index (χ1n) is 3.30. The van der Waals surface area contributed by atoms with Crippen molar-refractivity contribution in [1.29, 1.82) is 0 Å². The molecule has 0 heterocycles. The first kappa shape index (κ1) is 8.55. The summed E-state index contributed by atoms with van der Waals surface area (Å²) in [5.74, 6) is -0.634. The van der Waals surface area contributed by atoms with Gasteiger partial charge in [-0.3, -0.25) is 0 Å². The van der Waals surface area contributed by atoms with E-state index in [4.69, 9.17) is 15.3 Å². The third-order valence-electron chi connectivity index (χ3n) is 1.47. The fraction of sp³-hybridized carbons (Fsp3) is 0.125. The summed E-state index contributed by atoms with van der Waals surface area (Å²) in [6, 6.07) is 3.69. The normalized spacial score (nSPS) is 12.4. The molecule has 1 unspecified atom stereocenters. The van der Waals surface area contributed by atoms with E-state index in [9.17, 15) is 4.79 Å². The van der Waals surface area contributed by atoms with Crippen LogP contribution in [0.25, 0.3) is 0 Å². The molecule has 0 aliphatic rings. The summed E-state index contributed by atoms with van der Waals surface area (Å²) < 4.78 is 0. The van der Waals surface area contributed by atoms with Gasteiger partial charge in [0.25, 0.3) is 0 Å². The SMILES string of the molecule is O=CC(O)c1ccc(O)c(O)c1. The second kappa shape index (κ2) is 3.23. The molecule has 1 atom stereocenters. The van der Waals surface area contributed by atoms with Crippen molar-refractivity contribution in [2.45, 2.75) is 6.10 Å². The standard InChI is InChI=1S/C8H8O4/c9-4-8(12)5-1-2-6(10)7(11)3-5/h1-4,8,10-12H. The molecule has 0 radical (unpaired) electrons. The lowest BCUT2D eigenvalue weighted by molar-refractivity contribution is -0.115. The van der Waals surface area contributed by atoms with Crippen LogP contribution in [0.2, 0.25) is 0 Å². The molecule has 1 aromatic rings. The molecule has 12 heavy (non-hydrogen) atoms. The molecule has 0 spiro atoms. The lowest BCUT2D eigenvalue weighted by Crippen LogP contribution is -1.97. The summed E-state index contributed by atoms with van der Waals surface area (Å²) in [5, 5.41) is 26.8. The third kappa shape index (κ3) is 1.54. The van der Waals surface area contributed by atoms with Crippen LogP contribution in [-0.2, 0) is 4.79 Å². The highest BCUT2D eigenvalue weighted by molar-refractivity contribution is 5.60. The zero-order valence-corrected chi connectivity index (χ0v) is 6.14. The van der Waals surface area contributed by atoms with Crippen molar-refractivity contribution in [3.8, 4) is 11.5 Å². The first-order valence-corrected chi connectivity index (χ1v) is 3.30. The number of phenols is 2. The molecular weight excluding hydrogens is 160 g/mol. The number of hydrogen-bond donors (Lipinski definition) is 3. The molecule has 4 heteroatoms. The van der Waals surface area contributed by atoms with Crippen LogP contribution in [0.1, 0.15) is 11.7 Å². The maximum Gasteiger partial charge on any atom is 0.157 e. The molecule has 0 aromatic heterocycles. The average Bonchev–Trinajstić information content (AvgIpc) is 2.08. The molecule has 0 saturated heterocycles. The molecule has 4 nitrogen and oxygen atoms in total. The lowest BCUT2D eigenvalue weighted by atomic mass is 10.1. The van der Waals surface area contributed by atoms with Crippen molar-refractivity contribution < 1.29 is 20.1 Å². The Labute approximate surface area is 68.7 Å². The molecule has 0 bridgehead atoms. The predicted octanol–water partition coefficient (Wildman–Crippen LogP) is 0.330. The van der Waals surface area contributed by atoms with E-state index in [1.807, 2.05) is 0 Å². The fourth-order valence-electron chi connectivity index (χ4n) is 0.803. The van der Waals surface area contributed by atoms with Gasteiger partial charge in [0.1, 0.15) is 6.10 Å². The Balaban J connectivity index is 3.04. The molecule has 1 rings (SSSR count). The second-order valence-corrected chi connectivity index (χ2v) is 2.33. The number of aliphatic hydroxyl groups is 1. The Morgan fingerprint density at radius 3 is 2.42 bits per heavy atom. The number of aliphatic hydroxyl groups excluding tert-OH is 1. The fourth-order valence-corrected chi connectivity index (χ4v) is 0.803. The zero-order chi connectivity index (χ0) is 9.14. The quantitative estimate of drug-likeness (QED) is 0.439. The van der Waals surface area contributed by atoms with E-state index in [-0.39, 0.29) is 17.1 Å². The van der Waals surface area contributed by atoms with Crippen molar-refractivity contribution in [2.24, 2.45) is 0 Å². The number of benzene rings is 1. The van der Waals surface area contributed by atoms with Crippen LogP contribution >= 0.6 is 0 Å². The number of hydrogen-bond acceptors (Lipinski definition) is 4. The minimum atomic E-state index is -1.25. The molecule has 3 N–H and O–H groups in total. The van der Waals surface area contributed by atoms with Crippen molar-refractivity contribution in [2.75, 3.05) is 0 Å². The van der Waals surface area contributed by atoms with E-state index in [1.54, 1.807) is 0 Å². The van der Waals surface area contributed by atoms with Gasteiger partial charge < -0.3 is 20.1 Å². The molecule has 0 aliphatic heterocycles. The van der Waals surface area contributed by atoms with Crippen molar-refractivity contribution >= 4 is 6.29 Å². The van der Waals surface area contributed by atoms with Crippen LogP contribution < -0.4 is 0 Å². The number of carbonyl (C=O) groups excluding carboxylic acids is 1. The summed E-state index contributed by atoms with van der Waals surface area (Å²) in [6.45, 7) is 0. The monoisotopic (exact) mass is 168 g/mol. The number of carbonyl (C=O) groups is 1. The minimum Gasteiger partial charge on any atom is -0.504 e. The van der Waals surface area contributed by atoms with Crippen LogP contribution in [0.15, 0.2) is 18.2 Å². The predicted molar refractivity (Wildman–Crippen MR) is 40.8 cm³/mol. The van der Waals surface area contributed by atoms with Crippen LogP contribution in [0.5, 0.6) is 11.5 Å². The van der Waals surface area contributed by atoms with Gasteiger partial charge in [0.2, 0.25) is 0 Å². The van der Waals surface area contributed by atoms with Gasteiger partial charge >= 0.3 is 0 Å². The van der Waals surface area contributed by atoms with Crippen LogP contribution in [-0.4, -0.2) is 21.6 Å². The van der Waals surface area contributed by atoms with Gasteiger partial charge in [0.15, 0.2) is 17.8 Å². The smallest absolute Gasteiger partial charge is 0.157 e. The molecular formula is C8H8O4. The molecule has 0 amide bonds. The summed E-state index contributed by atoms with van der Waals surface area (Å²) in [6.07, 6.45) is -0.914. The van der Waals surface area contributed by atoms with E-state index in [1.165, 1.54) is 12.1 Å². The average molecular weight is 168 g/mol. The summed E-state index contributed by atoms with van der Waals surface area (Å²) in [5.41, 5.74) is 0.250. The maximum atomic E-state index is 10.1. The number of rotatable bonds is 2. The highest BCUT2D eigenvalue weighted by Crippen LogP contribution is 2.26. The first-order chi connectivity index (χ1) is 5.65. The lowest BCUT2D eigenvalue weighted by Gasteiger charge is -2.04. The molecule has 64 valence electrons. The Morgan fingerprint density at radius 1 is 1.25 bits per heavy atom. The van der Waals surface area contributed by atoms with Crippen molar-refractivity contribution in [3.63, 3.8) is 0 Å². The second-order valence-electron chi connectivity index (χ2n) is 2.33. The van der Waals surface area contributed by atoms with Crippen molar-refractivity contribution in [3.05, 3.63) is 23.8 Å². The van der Waals surface area contributed by atoms with Crippen LogP contribution in [0.3, 0.4) is 0 Å². The highest BCUT2D eigenvalue weighted by atomic mass is 16.3. The Hall–Kier alpha value is -1.55. The van der Waals surface area contributed by atoms with E-state index in [2.05, 4.69) is 0 Å². The maximum absolute atomic E-state index is 10.1. The van der Waals surface area contributed by atoms with E-state index in [0.717, 1.165) is 6.07 Å². The molecule has 0 saturated carbocycles. The highest BCUT2D eigenvalue weighted by Gasteiger charge is 2.07. The van der Waals surface area contributed by atoms with E-state index in [0.29, 0.717) is 6.29 Å². The Kier molecular flexibility index (Phi) is 2.30. The van der Waals surface area contributed by atoms with Crippen molar-refractivity contribution in [1.82, 2.24) is 0 Å². The molecule has 1 aromatic carbocycles. The Morgan fingerprint density at radius 2 is 1.92 bits per heavy atom. The summed E-state index contributed by atoms with van der Waals surface area (Å²) >= 11 is 0. The van der Waals surface area contributed by atoms with E-state index >= 15 is 0 Å². The van der Waals surface area contributed by atoms with Gasteiger partial charge in [-0.2, -0.15) is 0 Å². The zero-order valence-electron chi connectivity index (χ0n) is 6.14. The Bertz CT molecular complexity index is 295. The topological polar surface area (TPSA) is 77.8 Å². The van der Waals surface area contributed by atoms with Gasteiger partial charge in [-0.25, -0.2) is 0 Å². The van der Waals surface area contributed by atoms with Crippen LogP contribution in [0.4, 0.5) is 0 Å². The summed E-state index contributed by atoms with van der Waals surface area (Å²) in [4.78, 5) is 10.1. The largest absolute Gasteiger partial charge is 0.504 e. The van der Waals surface area contributed by atoms with Gasteiger partial charge in [-0.15, -0.1) is 0 Å². The number of phenolic OH excluding ortho intramolecular Hbond substituents is 2. The van der Waals surface area contributed by atoms with Gasteiger partial charge in [0, 0.05) is 0 Å². The van der Waals surface area contributed by atoms with Gasteiger partial charge in [-0.1, -0.05) is 6.07 Å².